The minimum atomic E-state index is -0.760. The number of aromatic hydroxyl groups is 1. The summed E-state index contributed by atoms with van der Waals surface area (Å²) in [5.41, 5.74) is 2.39. The number of carbonyl (C=O) groups is 2. The van der Waals surface area contributed by atoms with Crippen LogP contribution in [0.1, 0.15) is 86.5 Å². The summed E-state index contributed by atoms with van der Waals surface area (Å²) >= 11 is 0. The van der Waals surface area contributed by atoms with E-state index in [1.807, 2.05) is 36.4 Å². The standard InChI is InChI=1S/C41H53NO10/c1-47-34-19-17-27(23-35(34)48-2)16-18-33(29-13-10-14-31(44)24-29)52-41(46)32-15-8-9-20-42(32)40(45)38(28-11-6-5-7-12-28)30-25-36(49-3)39(51-22-21-43)37(26-30)50-4/h10,13-14,17,19,23-26,28,32-33,38,43-44H,5-9,11-12,15-16,18,20-22H2,1-4H3/t32-,33?,38?/m1/s1. The number of phenols is 1. The molecule has 3 aromatic rings. The molecule has 1 amide bonds. The number of likely N-dealkylation sites (tertiary alicyclic amines) is 1. The van der Waals surface area contributed by atoms with Gasteiger partial charge < -0.3 is 43.5 Å². The third-order valence-electron chi connectivity index (χ3n) is 10.3. The van der Waals surface area contributed by atoms with Crippen LogP contribution >= 0.6 is 0 Å². The predicted octanol–water partition coefficient (Wildman–Crippen LogP) is 6.76. The first-order valence-electron chi connectivity index (χ1n) is 18.3. The molecule has 3 aromatic carbocycles. The Hall–Kier alpha value is -4.64. The van der Waals surface area contributed by atoms with Gasteiger partial charge in [-0.05, 0) is 104 Å². The number of methoxy groups -OCH3 is 4. The highest BCUT2D eigenvalue weighted by Gasteiger charge is 2.41. The summed E-state index contributed by atoms with van der Waals surface area (Å²) in [6.07, 6.45) is 7.36. The number of aliphatic hydroxyl groups is 1. The lowest BCUT2D eigenvalue weighted by Crippen LogP contribution is -2.51. The van der Waals surface area contributed by atoms with Gasteiger partial charge >= 0.3 is 5.97 Å². The van der Waals surface area contributed by atoms with Crippen LogP contribution in [0.25, 0.3) is 0 Å². The van der Waals surface area contributed by atoms with Crippen molar-refractivity contribution < 1.29 is 48.2 Å². The molecule has 2 unspecified atom stereocenters. The summed E-state index contributed by atoms with van der Waals surface area (Å²) in [6, 6.07) is 15.4. The highest BCUT2D eigenvalue weighted by molar-refractivity contribution is 5.89. The molecule has 11 heteroatoms. The van der Waals surface area contributed by atoms with Gasteiger partial charge in [-0.1, -0.05) is 37.5 Å². The molecule has 0 bridgehead atoms. The smallest absolute Gasteiger partial charge is 0.329 e. The van der Waals surface area contributed by atoms with Crippen molar-refractivity contribution in [3.05, 3.63) is 71.3 Å². The van der Waals surface area contributed by atoms with Crippen LogP contribution < -0.4 is 23.7 Å². The Morgan fingerprint density at radius 2 is 1.48 bits per heavy atom. The van der Waals surface area contributed by atoms with Crippen LogP contribution in [-0.2, 0) is 20.7 Å². The van der Waals surface area contributed by atoms with Crippen LogP contribution in [0.3, 0.4) is 0 Å². The lowest BCUT2D eigenvalue weighted by molar-refractivity contribution is -0.163. The van der Waals surface area contributed by atoms with Gasteiger partial charge in [-0.15, -0.1) is 0 Å². The molecule has 1 aliphatic carbocycles. The van der Waals surface area contributed by atoms with E-state index in [1.54, 1.807) is 37.3 Å². The molecule has 5 rings (SSSR count). The highest BCUT2D eigenvalue weighted by Crippen LogP contribution is 2.45. The van der Waals surface area contributed by atoms with E-state index >= 15 is 0 Å². The summed E-state index contributed by atoms with van der Waals surface area (Å²) in [5.74, 6) is 1.46. The molecule has 0 radical (unpaired) electrons. The van der Waals surface area contributed by atoms with Crippen LogP contribution in [0, 0.1) is 5.92 Å². The molecule has 1 aliphatic heterocycles. The number of amides is 1. The quantitative estimate of drug-likeness (QED) is 0.153. The number of esters is 1. The lowest BCUT2D eigenvalue weighted by atomic mass is 9.75. The molecule has 1 saturated heterocycles. The molecule has 2 N–H and O–H groups in total. The van der Waals surface area contributed by atoms with Gasteiger partial charge in [0.15, 0.2) is 23.0 Å². The molecule has 3 atom stereocenters. The first-order chi connectivity index (χ1) is 25.3. The highest BCUT2D eigenvalue weighted by atomic mass is 16.5. The normalized spacial score (nSPS) is 17.5. The Bertz CT molecular complexity index is 1610. The Labute approximate surface area is 306 Å². The van der Waals surface area contributed by atoms with Crippen molar-refractivity contribution in [2.24, 2.45) is 5.92 Å². The zero-order valence-corrected chi connectivity index (χ0v) is 30.8. The van der Waals surface area contributed by atoms with E-state index < -0.39 is 24.0 Å². The summed E-state index contributed by atoms with van der Waals surface area (Å²) in [6.45, 7) is 0.328. The maximum atomic E-state index is 14.9. The second-order valence-electron chi connectivity index (χ2n) is 13.5. The fourth-order valence-corrected chi connectivity index (χ4v) is 7.64. The number of aliphatic hydroxyl groups excluding tert-OH is 1. The molecule has 0 spiro atoms. The summed E-state index contributed by atoms with van der Waals surface area (Å²) < 4.78 is 34.4. The first-order valence-corrected chi connectivity index (χ1v) is 18.3. The predicted molar refractivity (Wildman–Crippen MR) is 196 cm³/mol. The fraction of sp³-hybridized carbons (Fsp3) is 0.512. The van der Waals surface area contributed by atoms with Crippen LogP contribution in [-0.4, -0.2) is 81.2 Å². The van der Waals surface area contributed by atoms with E-state index in [4.69, 9.17) is 28.4 Å². The van der Waals surface area contributed by atoms with E-state index in [2.05, 4.69) is 0 Å². The van der Waals surface area contributed by atoms with Gasteiger partial charge in [0, 0.05) is 6.54 Å². The van der Waals surface area contributed by atoms with Crippen molar-refractivity contribution in [1.82, 2.24) is 4.90 Å². The van der Waals surface area contributed by atoms with E-state index in [0.29, 0.717) is 60.1 Å². The third kappa shape index (κ3) is 9.23. The van der Waals surface area contributed by atoms with E-state index in [-0.39, 0.29) is 30.8 Å². The van der Waals surface area contributed by atoms with Gasteiger partial charge in [0.05, 0.1) is 41.0 Å². The summed E-state index contributed by atoms with van der Waals surface area (Å²) in [5, 5.41) is 19.7. The number of rotatable bonds is 16. The number of ether oxygens (including phenoxy) is 6. The van der Waals surface area contributed by atoms with E-state index in [0.717, 1.165) is 56.1 Å². The number of hydrogen-bond donors (Lipinski definition) is 2. The largest absolute Gasteiger partial charge is 0.508 e. The van der Waals surface area contributed by atoms with Gasteiger partial charge in [0.2, 0.25) is 11.7 Å². The molecule has 282 valence electrons. The van der Waals surface area contributed by atoms with Crippen LogP contribution in [0.2, 0.25) is 0 Å². The summed E-state index contributed by atoms with van der Waals surface area (Å²) in [4.78, 5) is 30.9. The SMILES string of the molecule is COc1ccc(CCC(OC(=O)[C@H]2CCCCN2C(=O)C(c2cc(OC)c(OCCO)c(OC)c2)C2CCCCC2)c2cccc(O)c2)cc1OC. The second-order valence-corrected chi connectivity index (χ2v) is 13.5. The zero-order chi connectivity index (χ0) is 37.0. The van der Waals surface area contributed by atoms with Crippen LogP contribution in [0.5, 0.6) is 34.5 Å². The van der Waals surface area contributed by atoms with Crippen molar-refractivity contribution in [2.45, 2.75) is 82.3 Å². The van der Waals surface area contributed by atoms with Gasteiger partial charge in [0.25, 0.3) is 0 Å². The topological polar surface area (TPSA) is 133 Å². The molecule has 52 heavy (non-hydrogen) atoms. The average Bonchev–Trinajstić information content (AvgIpc) is 3.18. The monoisotopic (exact) mass is 719 g/mol. The molecular formula is C41H53NO10. The molecule has 11 nitrogen and oxygen atoms in total. The van der Waals surface area contributed by atoms with E-state index in [9.17, 15) is 19.8 Å². The number of aryl methyl sites for hydroxylation is 1. The maximum Gasteiger partial charge on any atom is 0.329 e. The first kappa shape index (κ1) is 38.6. The summed E-state index contributed by atoms with van der Waals surface area (Å²) in [7, 11) is 6.24. The van der Waals surface area contributed by atoms with Gasteiger partial charge in [-0.3, -0.25) is 4.79 Å². The minimum Gasteiger partial charge on any atom is -0.508 e. The van der Waals surface area contributed by atoms with Crippen LogP contribution in [0.15, 0.2) is 54.6 Å². The van der Waals surface area contributed by atoms with Crippen LogP contribution in [0.4, 0.5) is 0 Å². The van der Waals surface area contributed by atoms with Gasteiger partial charge in [-0.2, -0.15) is 0 Å². The van der Waals surface area contributed by atoms with Crippen molar-refractivity contribution in [1.29, 1.82) is 0 Å². The molecule has 1 saturated carbocycles. The van der Waals surface area contributed by atoms with Gasteiger partial charge in [-0.25, -0.2) is 4.79 Å². The average molecular weight is 720 g/mol. The maximum absolute atomic E-state index is 14.9. The van der Waals surface area contributed by atoms with Crippen molar-refractivity contribution in [3.8, 4) is 34.5 Å². The third-order valence-corrected chi connectivity index (χ3v) is 10.3. The number of carbonyl (C=O) groups excluding carboxylic acids is 2. The Morgan fingerprint density at radius 3 is 2.13 bits per heavy atom. The molecule has 0 aromatic heterocycles. The molecular weight excluding hydrogens is 666 g/mol. The Balaban J connectivity index is 1.43. The van der Waals surface area contributed by atoms with Crippen molar-refractivity contribution in [3.63, 3.8) is 0 Å². The Kier molecular flexibility index (Phi) is 13.9. The number of benzene rings is 3. The second kappa shape index (κ2) is 18.7. The molecule has 1 heterocycles. The van der Waals surface area contributed by atoms with Crippen molar-refractivity contribution >= 4 is 11.9 Å². The lowest BCUT2D eigenvalue weighted by Gasteiger charge is -2.40. The number of phenolic OH excluding ortho intramolecular Hbond substituents is 1. The van der Waals surface area contributed by atoms with E-state index in [1.165, 1.54) is 14.2 Å². The number of nitrogens with zero attached hydrogens (tertiary/aromatic N) is 1. The molecule has 2 aliphatic rings. The zero-order valence-electron chi connectivity index (χ0n) is 30.8. The van der Waals surface area contributed by atoms with Gasteiger partial charge in [0.1, 0.15) is 24.5 Å². The Morgan fingerprint density at radius 1 is 0.788 bits per heavy atom. The molecule has 2 fully saturated rings. The number of hydrogen-bond acceptors (Lipinski definition) is 10. The number of piperidine rings is 1. The minimum absolute atomic E-state index is 0.0620. The fourth-order valence-electron chi connectivity index (χ4n) is 7.64. The van der Waals surface area contributed by atoms with Crippen molar-refractivity contribution in [2.75, 3.05) is 48.2 Å².